The van der Waals surface area contributed by atoms with E-state index in [2.05, 4.69) is 62.2 Å². The average molecular weight is 690 g/mol. The Balaban J connectivity index is 2.44. The molecule has 0 aliphatic heterocycles. The number of imidazole rings is 1. The number of aliphatic hydroxyl groups is 1. The number of ether oxygens (including phenoxy) is 1. The van der Waals surface area contributed by atoms with Crippen LogP contribution in [0.4, 0.5) is 0 Å². The van der Waals surface area contributed by atoms with E-state index < -0.39 is 0 Å². The molecule has 0 fully saturated rings. The zero-order valence-corrected chi connectivity index (χ0v) is 33.6. The average Bonchev–Trinajstić information content (AvgIpc) is 3.59. The molecule has 0 saturated carbocycles. The monoisotopic (exact) mass is 690 g/mol. The smallest absolute Gasteiger partial charge is 0.305 e. The molecule has 6 heteroatoms. The molecule has 0 amide bonds. The van der Waals surface area contributed by atoms with Crippen molar-refractivity contribution in [2.24, 2.45) is 11.3 Å². The lowest BCUT2D eigenvalue weighted by Crippen LogP contribution is -2.49. The number of carbonyl (C=O) groups is 1. The van der Waals surface area contributed by atoms with Gasteiger partial charge in [0.25, 0.3) is 0 Å². The minimum Gasteiger partial charge on any atom is -0.465 e. The quantitative estimate of drug-likeness (QED) is 0.0576. The number of unbranched alkanes of at least 4 members (excludes halogenated alkanes) is 17. The van der Waals surface area contributed by atoms with E-state index in [0.29, 0.717) is 25.0 Å². The van der Waals surface area contributed by atoms with Gasteiger partial charge in [-0.15, -0.1) is 0 Å². The number of nitrogens with zero attached hydrogens (tertiary/aromatic N) is 3. The summed E-state index contributed by atoms with van der Waals surface area (Å²) < 4.78 is 7.91. The fourth-order valence-electron chi connectivity index (χ4n) is 7.29. The lowest BCUT2D eigenvalue weighted by atomic mass is 9.85. The summed E-state index contributed by atoms with van der Waals surface area (Å²) in [5, 5.41) is 11.2. The molecule has 1 N–H and O–H groups in total. The summed E-state index contributed by atoms with van der Waals surface area (Å²) in [5.74, 6) is 0.514. The Labute approximate surface area is 304 Å². The number of esters is 1. The number of aromatic nitrogens is 2. The summed E-state index contributed by atoms with van der Waals surface area (Å²) in [6.07, 6.45) is 35.6. The first-order chi connectivity index (χ1) is 23.7. The molecule has 1 rings (SSSR count). The SMILES string of the molecule is CCCCCCCCCCCCC(O)CN(CCCCCCCC(=O)OCC(CCC)CCCCCCC)C(Cn1ccnc1)C(C)(C)C. The highest BCUT2D eigenvalue weighted by Gasteiger charge is 2.31. The summed E-state index contributed by atoms with van der Waals surface area (Å²) in [5.41, 5.74) is 0.0761. The van der Waals surface area contributed by atoms with Crippen LogP contribution in [0.1, 0.15) is 202 Å². The van der Waals surface area contributed by atoms with Gasteiger partial charge in [-0.3, -0.25) is 9.69 Å². The number of carbonyl (C=O) groups excluding carboxylic acids is 1. The zero-order valence-electron chi connectivity index (χ0n) is 33.6. The normalized spacial score (nSPS) is 14.0. The molecule has 1 aromatic heterocycles. The van der Waals surface area contributed by atoms with Gasteiger partial charge in [-0.05, 0) is 50.0 Å². The fraction of sp³-hybridized carbons (Fsp3) is 0.907. The van der Waals surface area contributed by atoms with E-state index in [1.54, 1.807) is 0 Å². The van der Waals surface area contributed by atoms with E-state index in [-0.39, 0.29) is 17.5 Å². The van der Waals surface area contributed by atoms with Gasteiger partial charge >= 0.3 is 5.97 Å². The minimum atomic E-state index is -0.286. The summed E-state index contributed by atoms with van der Waals surface area (Å²) in [6, 6.07) is 0.312. The van der Waals surface area contributed by atoms with Crippen molar-refractivity contribution < 1.29 is 14.6 Å². The molecule has 0 radical (unpaired) electrons. The molecule has 0 bridgehead atoms. The van der Waals surface area contributed by atoms with Crippen molar-refractivity contribution in [1.82, 2.24) is 14.5 Å². The summed E-state index contributed by atoms with van der Waals surface area (Å²) in [6.45, 7) is 17.0. The van der Waals surface area contributed by atoms with Crippen molar-refractivity contribution in [2.75, 3.05) is 19.7 Å². The van der Waals surface area contributed by atoms with Crippen molar-refractivity contribution in [3.63, 3.8) is 0 Å². The van der Waals surface area contributed by atoms with Gasteiger partial charge in [0.05, 0.1) is 19.0 Å². The van der Waals surface area contributed by atoms with E-state index >= 15 is 0 Å². The van der Waals surface area contributed by atoms with Crippen LogP contribution in [0.3, 0.4) is 0 Å². The van der Waals surface area contributed by atoms with Crippen LogP contribution in [0, 0.1) is 11.3 Å². The first kappa shape index (κ1) is 45.6. The maximum Gasteiger partial charge on any atom is 0.305 e. The third kappa shape index (κ3) is 25.2. The van der Waals surface area contributed by atoms with Gasteiger partial charge in [-0.2, -0.15) is 0 Å². The number of hydrogen-bond acceptors (Lipinski definition) is 5. The fourth-order valence-corrected chi connectivity index (χ4v) is 7.29. The summed E-state index contributed by atoms with van der Waals surface area (Å²) in [7, 11) is 0. The molecule has 49 heavy (non-hydrogen) atoms. The lowest BCUT2D eigenvalue weighted by molar-refractivity contribution is -0.145. The van der Waals surface area contributed by atoms with E-state index in [4.69, 9.17) is 4.74 Å². The van der Waals surface area contributed by atoms with Gasteiger partial charge in [0.2, 0.25) is 0 Å². The van der Waals surface area contributed by atoms with Crippen molar-refractivity contribution in [3.8, 4) is 0 Å². The van der Waals surface area contributed by atoms with Crippen LogP contribution in [-0.4, -0.2) is 57.4 Å². The highest BCUT2D eigenvalue weighted by Crippen LogP contribution is 2.27. The highest BCUT2D eigenvalue weighted by molar-refractivity contribution is 5.69. The van der Waals surface area contributed by atoms with Crippen LogP contribution in [0.5, 0.6) is 0 Å². The Morgan fingerprint density at radius 1 is 0.735 bits per heavy atom. The summed E-state index contributed by atoms with van der Waals surface area (Å²) in [4.78, 5) is 19.3. The Bertz CT molecular complexity index is 853. The standard InChI is InChI=1S/C43H83N3O3/c1-7-10-12-14-15-16-17-18-21-25-30-40(47)35-46(41(43(4,5)6)36-45-34-32-44-38-45)33-27-23-19-22-26-31-42(48)49-37-39(28-9-3)29-24-20-13-11-8-2/h32,34,38-41,47H,7-31,33,35-37H2,1-6H3. The maximum absolute atomic E-state index is 12.5. The second-order valence-electron chi connectivity index (χ2n) is 16.3. The van der Waals surface area contributed by atoms with Gasteiger partial charge in [0.15, 0.2) is 0 Å². The Morgan fingerprint density at radius 3 is 1.84 bits per heavy atom. The van der Waals surface area contributed by atoms with Crippen molar-refractivity contribution in [2.45, 2.75) is 221 Å². The molecule has 6 nitrogen and oxygen atoms in total. The number of rotatable bonds is 34. The molecule has 0 aromatic carbocycles. The highest BCUT2D eigenvalue weighted by atomic mass is 16.5. The molecule has 0 saturated heterocycles. The number of hydrogen-bond donors (Lipinski definition) is 1. The predicted octanol–water partition coefficient (Wildman–Crippen LogP) is 11.9. The largest absolute Gasteiger partial charge is 0.465 e. The predicted molar refractivity (Wildman–Crippen MR) is 210 cm³/mol. The van der Waals surface area contributed by atoms with Gasteiger partial charge in [0, 0.05) is 37.9 Å². The Morgan fingerprint density at radius 2 is 1.29 bits per heavy atom. The van der Waals surface area contributed by atoms with Crippen LogP contribution in [0.2, 0.25) is 0 Å². The van der Waals surface area contributed by atoms with Gasteiger partial charge in [-0.1, -0.05) is 164 Å². The summed E-state index contributed by atoms with van der Waals surface area (Å²) >= 11 is 0. The second-order valence-corrected chi connectivity index (χ2v) is 16.3. The molecular formula is C43H83N3O3. The Hall–Kier alpha value is -1.40. The molecule has 1 heterocycles. The van der Waals surface area contributed by atoms with Crippen LogP contribution >= 0.6 is 0 Å². The minimum absolute atomic E-state index is 0.0119. The first-order valence-electron chi connectivity index (χ1n) is 21.2. The van der Waals surface area contributed by atoms with Crippen LogP contribution in [-0.2, 0) is 16.1 Å². The van der Waals surface area contributed by atoms with E-state index in [1.807, 2.05) is 12.5 Å². The maximum atomic E-state index is 12.5. The molecule has 0 aliphatic carbocycles. The molecule has 0 spiro atoms. The molecule has 3 atom stereocenters. The van der Waals surface area contributed by atoms with E-state index in [0.717, 1.165) is 77.4 Å². The molecule has 3 unspecified atom stereocenters. The lowest BCUT2D eigenvalue weighted by Gasteiger charge is -2.41. The number of aliphatic hydroxyl groups excluding tert-OH is 1. The molecular weight excluding hydrogens is 606 g/mol. The van der Waals surface area contributed by atoms with Crippen LogP contribution < -0.4 is 0 Å². The molecule has 288 valence electrons. The van der Waals surface area contributed by atoms with Crippen molar-refractivity contribution >= 4 is 5.97 Å². The first-order valence-corrected chi connectivity index (χ1v) is 21.2. The van der Waals surface area contributed by atoms with Crippen LogP contribution in [0.15, 0.2) is 18.7 Å². The molecule has 1 aromatic rings. The van der Waals surface area contributed by atoms with Crippen molar-refractivity contribution in [1.29, 1.82) is 0 Å². The third-order valence-electron chi connectivity index (χ3n) is 10.4. The Kier molecular flexibility index (Phi) is 28.2. The third-order valence-corrected chi connectivity index (χ3v) is 10.4. The second kappa shape index (κ2) is 30.2. The zero-order chi connectivity index (χ0) is 36.0. The topological polar surface area (TPSA) is 67.6 Å². The van der Waals surface area contributed by atoms with Gasteiger partial charge in [-0.25, -0.2) is 4.98 Å². The molecule has 0 aliphatic rings. The van der Waals surface area contributed by atoms with E-state index in [1.165, 1.54) is 96.3 Å². The van der Waals surface area contributed by atoms with Gasteiger partial charge in [0.1, 0.15) is 0 Å². The van der Waals surface area contributed by atoms with Crippen LogP contribution in [0.25, 0.3) is 0 Å². The van der Waals surface area contributed by atoms with E-state index in [9.17, 15) is 9.90 Å². The van der Waals surface area contributed by atoms with Gasteiger partial charge < -0.3 is 14.4 Å². The van der Waals surface area contributed by atoms with Crippen molar-refractivity contribution in [3.05, 3.63) is 18.7 Å².